The van der Waals surface area contributed by atoms with E-state index in [2.05, 4.69) is 32.1 Å². The number of carbonyl (C=O) groups excluding carboxylic acids is 1. The van der Waals surface area contributed by atoms with Crippen molar-refractivity contribution in [3.8, 4) is 0 Å². The first-order valence-corrected chi connectivity index (χ1v) is 10.4. The summed E-state index contributed by atoms with van der Waals surface area (Å²) in [6.07, 6.45) is 15.2. The summed E-state index contributed by atoms with van der Waals surface area (Å²) in [6.45, 7) is 4.98. The van der Waals surface area contributed by atoms with Crippen molar-refractivity contribution in [2.75, 3.05) is 6.61 Å². The van der Waals surface area contributed by atoms with Crippen LogP contribution in [0, 0.1) is 22.7 Å². The molecule has 1 aliphatic heterocycles. The van der Waals surface area contributed by atoms with Crippen LogP contribution in [0.4, 0.5) is 0 Å². The van der Waals surface area contributed by atoms with Gasteiger partial charge in [-0.05, 0) is 67.9 Å². The Balaban J connectivity index is 1.53. The summed E-state index contributed by atoms with van der Waals surface area (Å²) in [7, 11) is 0. The second-order valence-corrected chi connectivity index (χ2v) is 9.69. The minimum Gasteiger partial charge on any atom is -0.458 e. The molecule has 1 N–H and O–H groups in total. The van der Waals surface area contributed by atoms with E-state index in [-0.39, 0.29) is 29.0 Å². The molecule has 4 aliphatic carbocycles. The van der Waals surface area contributed by atoms with Gasteiger partial charge in [0.25, 0.3) is 0 Å². The largest absolute Gasteiger partial charge is 0.458 e. The molecule has 5 aliphatic rings. The molecule has 1 heterocycles. The van der Waals surface area contributed by atoms with Crippen LogP contribution in [0.1, 0.15) is 65.2 Å². The Bertz CT molecular complexity index is 759. The van der Waals surface area contributed by atoms with E-state index >= 15 is 0 Å². The first kappa shape index (κ1) is 16.8. The highest BCUT2D eigenvalue weighted by Crippen LogP contribution is 2.67. The smallest absolute Gasteiger partial charge is 0.306 e. The molecule has 1 spiro atoms. The molecule has 1 saturated carbocycles. The van der Waals surface area contributed by atoms with Gasteiger partial charge in [0.15, 0.2) is 0 Å². The summed E-state index contributed by atoms with van der Waals surface area (Å²) in [6, 6.07) is 0. The third-order valence-electron chi connectivity index (χ3n) is 8.77. The zero-order valence-electron chi connectivity index (χ0n) is 16.0. The minimum atomic E-state index is -0.210. The summed E-state index contributed by atoms with van der Waals surface area (Å²) in [5.74, 6) is 1.21. The van der Waals surface area contributed by atoms with Crippen LogP contribution in [-0.4, -0.2) is 23.3 Å². The lowest BCUT2D eigenvalue weighted by Crippen LogP contribution is -2.50. The number of allylic oxidation sites excluding steroid dienone is 5. The topological polar surface area (TPSA) is 46.5 Å². The van der Waals surface area contributed by atoms with E-state index in [0.29, 0.717) is 18.3 Å². The fourth-order valence-electron chi connectivity index (χ4n) is 7.11. The maximum atomic E-state index is 11.9. The van der Waals surface area contributed by atoms with E-state index in [0.717, 1.165) is 38.5 Å². The number of fused-ring (bicyclic) bond motifs is 6. The number of carbonyl (C=O) groups is 1. The second-order valence-electron chi connectivity index (χ2n) is 9.69. The molecule has 5 atom stereocenters. The average Bonchev–Trinajstić information content (AvgIpc) is 3.15. The average molecular weight is 354 g/mol. The lowest BCUT2D eigenvalue weighted by Gasteiger charge is -2.54. The highest BCUT2D eigenvalue weighted by Gasteiger charge is 2.65. The van der Waals surface area contributed by atoms with E-state index in [1.54, 1.807) is 5.57 Å². The summed E-state index contributed by atoms with van der Waals surface area (Å²) in [5.41, 5.74) is 4.23. The van der Waals surface area contributed by atoms with E-state index < -0.39 is 0 Å². The number of hydrogen-bond donors (Lipinski definition) is 1. The Morgan fingerprint density at radius 2 is 2.04 bits per heavy atom. The molecule has 3 nitrogen and oxygen atoms in total. The summed E-state index contributed by atoms with van der Waals surface area (Å²) in [4.78, 5) is 11.9. The first-order chi connectivity index (χ1) is 12.4. The second kappa shape index (κ2) is 5.34. The first-order valence-electron chi connectivity index (χ1n) is 10.4. The van der Waals surface area contributed by atoms with Crippen LogP contribution in [0.2, 0.25) is 0 Å². The molecular weight excluding hydrogens is 324 g/mol. The molecule has 0 aromatic heterocycles. The monoisotopic (exact) mass is 354 g/mol. The van der Waals surface area contributed by atoms with Crippen molar-refractivity contribution < 1.29 is 14.6 Å². The van der Waals surface area contributed by atoms with Gasteiger partial charge in [0, 0.05) is 17.3 Å². The molecular formula is C23H30O3. The van der Waals surface area contributed by atoms with Gasteiger partial charge in [-0.2, -0.15) is 0 Å². The van der Waals surface area contributed by atoms with Crippen molar-refractivity contribution in [3.05, 3.63) is 34.9 Å². The summed E-state index contributed by atoms with van der Waals surface area (Å²) >= 11 is 0. The number of esters is 1. The highest BCUT2D eigenvalue weighted by atomic mass is 16.6. The van der Waals surface area contributed by atoms with Crippen LogP contribution in [-0.2, 0) is 9.53 Å². The van der Waals surface area contributed by atoms with Gasteiger partial charge in [-0.3, -0.25) is 4.79 Å². The lowest BCUT2D eigenvalue weighted by molar-refractivity contribution is -0.160. The molecule has 0 bridgehead atoms. The number of ether oxygens (including phenoxy) is 1. The van der Waals surface area contributed by atoms with Gasteiger partial charge in [-0.15, -0.1) is 0 Å². The van der Waals surface area contributed by atoms with Gasteiger partial charge in [0.05, 0.1) is 6.61 Å². The van der Waals surface area contributed by atoms with E-state index in [9.17, 15) is 9.90 Å². The van der Waals surface area contributed by atoms with Gasteiger partial charge in [0.1, 0.15) is 5.60 Å². The number of aliphatic hydroxyl groups is 1. The predicted octanol–water partition coefficient (Wildman–Crippen LogP) is 4.47. The zero-order chi connectivity index (χ0) is 18.2. The zero-order valence-corrected chi connectivity index (χ0v) is 16.0. The highest BCUT2D eigenvalue weighted by molar-refractivity contribution is 5.72. The van der Waals surface area contributed by atoms with Crippen LogP contribution < -0.4 is 0 Å². The molecule has 0 aromatic rings. The Kier molecular flexibility index (Phi) is 3.45. The Morgan fingerprint density at radius 3 is 2.77 bits per heavy atom. The molecule has 5 rings (SSSR count). The number of aliphatic hydroxyl groups excluding tert-OH is 1. The molecule has 0 aromatic carbocycles. The van der Waals surface area contributed by atoms with E-state index in [1.165, 1.54) is 17.6 Å². The maximum Gasteiger partial charge on any atom is 0.306 e. The molecule has 0 radical (unpaired) electrons. The fourth-order valence-corrected chi connectivity index (χ4v) is 7.11. The third kappa shape index (κ3) is 1.96. The maximum absolute atomic E-state index is 11.9. The van der Waals surface area contributed by atoms with E-state index in [4.69, 9.17) is 4.74 Å². The van der Waals surface area contributed by atoms with Crippen LogP contribution in [0.5, 0.6) is 0 Å². The number of hydrogen-bond acceptors (Lipinski definition) is 3. The molecule has 0 unspecified atom stereocenters. The third-order valence-corrected chi connectivity index (χ3v) is 8.77. The number of rotatable bonds is 1. The standard InChI is InChI=1S/C23H30O3/c1-21-9-5-15(14-24)13-16(21)3-4-17-18(21)6-10-22(2)19(17)7-11-23(22)12-8-20(25)26-23/h3,6,13,17,19,24H,4-5,7-12,14H2,1-2H3/t17-,19+,21+,22+,23-/m1/s1. The molecule has 1 saturated heterocycles. The lowest BCUT2D eigenvalue weighted by atomic mass is 9.51. The van der Waals surface area contributed by atoms with Crippen LogP contribution >= 0.6 is 0 Å². The van der Waals surface area contributed by atoms with Crippen molar-refractivity contribution in [1.29, 1.82) is 0 Å². The van der Waals surface area contributed by atoms with Crippen LogP contribution in [0.3, 0.4) is 0 Å². The van der Waals surface area contributed by atoms with Crippen molar-refractivity contribution in [3.63, 3.8) is 0 Å². The van der Waals surface area contributed by atoms with Crippen molar-refractivity contribution in [1.82, 2.24) is 0 Å². The van der Waals surface area contributed by atoms with Crippen LogP contribution in [0.15, 0.2) is 34.9 Å². The van der Waals surface area contributed by atoms with Crippen molar-refractivity contribution in [2.24, 2.45) is 22.7 Å². The Hall–Kier alpha value is -1.35. The van der Waals surface area contributed by atoms with Crippen molar-refractivity contribution in [2.45, 2.75) is 70.8 Å². The normalized spacial score (nSPS) is 46.7. The van der Waals surface area contributed by atoms with Gasteiger partial charge in [-0.1, -0.05) is 37.6 Å². The van der Waals surface area contributed by atoms with E-state index in [1.807, 2.05) is 0 Å². The molecule has 140 valence electrons. The minimum absolute atomic E-state index is 0.00777. The van der Waals surface area contributed by atoms with Crippen molar-refractivity contribution >= 4 is 5.97 Å². The van der Waals surface area contributed by atoms with Crippen LogP contribution in [0.25, 0.3) is 0 Å². The molecule has 3 heteroatoms. The fraction of sp³-hybridized carbons (Fsp3) is 0.696. The SMILES string of the molecule is C[C@]12CCC(CO)=CC1=CC[C@@H]1C2=CC[C@@]2(C)[C@H]1CC[C@@]21CCC(=O)O1. The summed E-state index contributed by atoms with van der Waals surface area (Å²) < 4.78 is 6.00. The molecule has 2 fully saturated rings. The Morgan fingerprint density at radius 1 is 1.19 bits per heavy atom. The van der Waals surface area contributed by atoms with Gasteiger partial charge >= 0.3 is 5.97 Å². The summed E-state index contributed by atoms with van der Waals surface area (Å²) in [5, 5.41) is 9.54. The van der Waals surface area contributed by atoms with Gasteiger partial charge in [-0.25, -0.2) is 0 Å². The van der Waals surface area contributed by atoms with Gasteiger partial charge in [0.2, 0.25) is 0 Å². The molecule has 26 heavy (non-hydrogen) atoms. The predicted molar refractivity (Wildman–Crippen MR) is 100 cm³/mol. The van der Waals surface area contributed by atoms with Gasteiger partial charge < -0.3 is 9.84 Å². The Labute approximate surface area is 156 Å². The quantitative estimate of drug-likeness (QED) is 0.558. The molecule has 0 amide bonds.